The summed E-state index contributed by atoms with van der Waals surface area (Å²) in [6.07, 6.45) is 3.69. The van der Waals surface area contributed by atoms with Crippen LogP contribution in [0.2, 0.25) is 0 Å². The largest absolute Gasteiger partial charge is 0.385 e. The number of hydrogen-bond donors (Lipinski definition) is 2. The van der Waals surface area contributed by atoms with Crippen LogP contribution in [0.15, 0.2) is 18.3 Å². The number of pyridine rings is 1. The zero-order valence-electron chi connectivity index (χ0n) is 12.4. The Kier molecular flexibility index (Phi) is 6.33. The van der Waals surface area contributed by atoms with E-state index >= 15 is 0 Å². The molecule has 0 bridgehead atoms. The van der Waals surface area contributed by atoms with E-state index in [0.29, 0.717) is 11.6 Å². The lowest BCUT2D eigenvalue weighted by Gasteiger charge is -2.12. The van der Waals surface area contributed by atoms with E-state index < -0.39 is 0 Å². The Bertz CT molecular complexity index is 404. The molecule has 4 nitrogen and oxygen atoms in total. The maximum Gasteiger partial charge on any atom is 0.270 e. The summed E-state index contributed by atoms with van der Waals surface area (Å²) >= 11 is 0. The fourth-order valence-corrected chi connectivity index (χ4v) is 1.57. The lowest BCUT2D eigenvalue weighted by atomic mass is 10.1. The minimum absolute atomic E-state index is 0.109. The number of rotatable bonds is 7. The molecule has 0 aliphatic carbocycles. The Morgan fingerprint density at radius 2 is 2.11 bits per heavy atom. The maximum atomic E-state index is 11.9. The first-order valence-corrected chi connectivity index (χ1v) is 7.03. The number of nitrogens with zero attached hydrogens (tertiary/aromatic N) is 1. The van der Waals surface area contributed by atoms with Crippen LogP contribution >= 0.6 is 0 Å². The summed E-state index contributed by atoms with van der Waals surface area (Å²) < 4.78 is 0. The van der Waals surface area contributed by atoms with Crippen LogP contribution in [-0.4, -0.2) is 23.5 Å². The van der Waals surface area contributed by atoms with Gasteiger partial charge in [0.05, 0.1) is 0 Å². The van der Waals surface area contributed by atoms with Crippen LogP contribution in [-0.2, 0) is 0 Å². The number of aromatic nitrogens is 1. The van der Waals surface area contributed by atoms with Crippen LogP contribution in [0, 0.1) is 5.92 Å². The topological polar surface area (TPSA) is 54.0 Å². The van der Waals surface area contributed by atoms with Gasteiger partial charge < -0.3 is 10.6 Å². The van der Waals surface area contributed by atoms with Gasteiger partial charge in [0.2, 0.25) is 0 Å². The van der Waals surface area contributed by atoms with Crippen LogP contribution in [0.3, 0.4) is 0 Å². The smallest absolute Gasteiger partial charge is 0.270 e. The predicted molar refractivity (Wildman–Crippen MR) is 79.4 cm³/mol. The van der Waals surface area contributed by atoms with Crippen molar-refractivity contribution in [1.82, 2.24) is 10.3 Å². The molecule has 1 amide bonds. The van der Waals surface area contributed by atoms with Crippen molar-refractivity contribution in [3.63, 3.8) is 0 Å². The molecule has 0 aromatic carbocycles. The van der Waals surface area contributed by atoms with Crippen molar-refractivity contribution in [1.29, 1.82) is 0 Å². The first kappa shape index (κ1) is 15.5. The summed E-state index contributed by atoms with van der Waals surface area (Å²) in [7, 11) is 0. The highest BCUT2D eigenvalue weighted by molar-refractivity contribution is 5.93. The van der Waals surface area contributed by atoms with Crippen LogP contribution in [0.5, 0.6) is 0 Å². The van der Waals surface area contributed by atoms with E-state index in [2.05, 4.69) is 29.5 Å². The molecule has 2 N–H and O–H groups in total. The van der Waals surface area contributed by atoms with Gasteiger partial charge in [-0.05, 0) is 37.8 Å². The van der Waals surface area contributed by atoms with E-state index in [1.54, 1.807) is 12.3 Å². The highest BCUT2D eigenvalue weighted by Crippen LogP contribution is 2.09. The van der Waals surface area contributed by atoms with Crippen molar-refractivity contribution in [2.24, 2.45) is 5.92 Å². The Morgan fingerprint density at radius 1 is 1.37 bits per heavy atom. The molecule has 0 fully saturated rings. The fourth-order valence-electron chi connectivity index (χ4n) is 1.57. The molecule has 4 heteroatoms. The molecule has 106 valence electrons. The van der Waals surface area contributed by atoms with Gasteiger partial charge in [0.25, 0.3) is 5.91 Å². The van der Waals surface area contributed by atoms with E-state index in [1.807, 2.05) is 19.9 Å². The molecule has 0 spiro atoms. The van der Waals surface area contributed by atoms with E-state index in [4.69, 9.17) is 0 Å². The molecule has 1 atom stereocenters. The molecule has 1 aromatic rings. The maximum absolute atomic E-state index is 11.9. The molecule has 1 rings (SSSR count). The van der Waals surface area contributed by atoms with Gasteiger partial charge in [-0.15, -0.1) is 0 Å². The molecule has 0 saturated heterocycles. The summed E-state index contributed by atoms with van der Waals surface area (Å²) in [5, 5.41) is 6.24. The third kappa shape index (κ3) is 5.73. The van der Waals surface area contributed by atoms with Crippen LogP contribution < -0.4 is 10.6 Å². The first-order chi connectivity index (χ1) is 9.02. The Hall–Kier alpha value is -1.58. The highest BCUT2D eigenvalue weighted by Gasteiger charge is 2.10. The van der Waals surface area contributed by atoms with Gasteiger partial charge in [0, 0.05) is 24.5 Å². The Labute approximate surface area is 116 Å². The minimum atomic E-state index is -0.109. The first-order valence-electron chi connectivity index (χ1n) is 7.03. The summed E-state index contributed by atoms with van der Waals surface area (Å²) in [6.45, 7) is 9.33. The number of carbonyl (C=O) groups excluding carboxylic acids is 1. The van der Waals surface area contributed by atoms with Crippen LogP contribution in [0.1, 0.15) is 51.0 Å². The van der Waals surface area contributed by atoms with Crippen molar-refractivity contribution in [2.45, 2.75) is 46.6 Å². The SMILES string of the molecule is CCC(C)NC(=O)c1cc(NCCC(C)C)ccn1. The highest BCUT2D eigenvalue weighted by atomic mass is 16.1. The van der Waals surface area contributed by atoms with Crippen molar-refractivity contribution in [3.05, 3.63) is 24.0 Å². The lowest BCUT2D eigenvalue weighted by molar-refractivity contribution is 0.0934. The summed E-state index contributed by atoms with van der Waals surface area (Å²) in [5.41, 5.74) is 1.42. The zero-order valence-corrected chi connectivity index (χ0v) is 12.4. The van der Waals surface area contributed by atoms with E-state index in [9.17, 15) is 4.79 Å². The van der Waals surface area contributed by atoms with Crippen LogP contribution in [0.25, 0.3) is 0 Å². The number of carbonyl (C=O) groups is 1. The van der Waals surface area contributed by atoms with Gasteiger partial charge in [0.15, 0.2) is 0 Å². The molecule has 0 aliphatic heterocycles. The minimum Gasteiger partial charge on any atom is -0.385 e. The number of hydrogen-bond acceptors (Lipinski definition) is 3. The number of anilines is 1. The standard InChI is InChI=1S/C15H25N3O/c1-5-12(4)18-15(19)14-10-13(7-9-17-14)16-8-6-11(2)3/h7,9-12H,5-6,8H2,1-4H3,(H,16,17)(H,18,19). The third-order valence-corrected chi connectivity index (χ3v) is 3.03. The molecule has 19 heavy (non-hydrogen) atoms. The normalized spacial score (nSPS) is 12.3. The predicted octanol–water partition coefficient (Wildman–Crippen LogP) is 3.07. The van der Waals surface area contributed by atoms with Crippen molar-refractivity contribution in [3.8, 4) is 0 Å². The molecule has 0 saturated carbocycles. The fraction of sp³-hybridized carbons (Fsp3) is 0.600. The van der Waals surface area contributed by atoms with Crippen molar-refractivity contribution in [2.75, 3.05) is 11.9 Å². The van der Waals surface area contributed by atoms with E-state index in [-0.39, 0.29) is 11.9 Å². The molecule has 0 radical (unpaired) electrons. The number of amides is 1. The second-order valence-electron chi connectivity index (χ2n) is 5.32. The van der Waals surface area contributed by atoms with E-state index in [1.165, 1.54) is 0 Å². The monoisotopic (exact) mass is 263 g/mol. The van der Waals surface area contributed by atoms with Crippen molar-refractivity contribution < 1.29 is 4.79 Å². The quantitative estimate of drug-likeness (QED) is 0.795. The van der Waals surface area contributed by atoms with Crippen LogP contribution in [0.4, 0.5) is 5.69 Å². The molecule has 1 unspecified atom stereocenters. The summed E-state index contributed by atoms with van der Waals surface area (Å²) in [6, 6.07) is 3.87. The lowest BCUT2D eigenvalue weighted by Crippen LogP contribution is -2.32. The van der Waals surface area contributed by atoms with Gasteiger partial charge in [-0.25, -0.2) is 0 Å². The summed E-state index contributed by atoms with van der Waals surface area (Å²) in [4.78, 5) is 16.1. The van der Waals surface area contributed by atoms with Gasteiger partial charge >= 0.3 is 0 Å². The molecular weight excluding hydrogens is 238 g/mol. The second kappa shape index (κ2) is 7.77. The summed E-state index contributed by atoms with van der Waals surface area (Å²) in [5.74, 6) is 0.560. The van der Waals surface area contributed by atoms with E-state index in [0.717, 1.165) is 25.1 Å². The van der Waals surface area contributed by atoms with Crippen molar-refractivity contribution >= 4 is 11.6 Å². The molecule has 0 aliphatic rings. The van der Waals surface area contributed by atoms with Gasteiger partial charge in [0.1, 0.15) is 5.69 Å². The number of nitrogens with one attached hydrogen (secondary N) is 2. The third-order valence-electron chi connectivity index (χ3n) is 3.03. The molecular formula is C15H25N3O. The molecule has 1 heterocycles. The zero-order chi connectivity index (χ0) is 14.3. The Morgan fingerprint density at radius 3 is 2.74 bits per heavy atom. The average Bonchev–Trinajstić information content (AvgIpc) is 2.38. The second-order valence-corrected chi connectivity index (χ2v) is 5.32. The van der Waals surface area contributed by atoms with Gasteiger partial charge in [-0.1, -0.05) is 20.8 Å². The average molecular weight is 263 g/mol. The molecule has 1 aromatic heterocycles. The van der Waals surface area contributed by atoms with Gasteiger partial charge in [-0.2, -0.15) is 0 Å². The Balaban J connectivity index is 2.58. The van der Waals surface area contributed by atoms with Gasteiger partial charge in [-0.3, -0.25) is 9.78 Å².